The number of hydrogen-bond donors (Lipinski definition) is 0. The molecular weight excluding hydrogens is 392 g/mol. The summed E-state index contributed by atoms with van der Waals surface area (Å²) in [7, 11) is 0. The highest BCUT2D eigenvalue weighted by Gasteiger charge is 2.58. The molecule has 4 rings (SSSR count). The van der Waals surface area contributed by atoms with Gasteiger partial charge in [-0.15, -0.1) is 0 Å². The molecule has 172 valence electrons. The second-order valence-electron chi connectivity index (χ2n) is 9.79. The molecule has 0 aromatic heterocycles. The topological polar surface area (TPSA) is 61.8 Å². The summed E-state index contributed by atoms with van der Waals surface area (Å²) in [6.45, 7) is 13.8. The number of carbonyl (C=O) groups is 2. The summed E-state index contributed by atoms with van der Waals surface area (Å²) in [5.74, 6) is 2.26. The van der Waals surface area contributed by atoms with Gasteiger partial charge in [-0.05, 0) is 61.5 Å². The number of rotatable bonds is 2. The first kappa shape index (κ1) is 23.6. The zero-order valence-electron chi connectivity index (χ0n) is 20.2. The molecule has 2 aliphatic carbocycles. The van der Waals surface area contributed by atoms with Crippen molar-refractivity contribution in [3.8, 4) is 17.2 Å². The third kappa shape index (κ3) is 4.33. The number of esters is 2. The van der Waals surface area contributed by atoms with Gasteiger partial charge < -0.3 is 14.2 Å². The van der Waals surface area contributed by atoms with Crippen LogP contribution >= 0.6 is 0 Å². The van der Waals surface area contributed by atoms with Gasteiger partial charge >= 0.3 is 11.9 Å². The van der Waals surface area contributed by atoms with Crippen molar-refractivity contribution in [1.82, 2.24) is 0 Å². The van der Waals surface area contributed by atoms with Crippen LogP contribution in [0.4, 0.5) is 0 Å². The van der Waals surface area contributed by atoms with E-state index in [2.05, 4.69) is 20.8 Å². The van der Waals surface area contributed by atoms with Gasteiger partial charge in [0.05, 0.1) is 0 Å². The van der Waals surface area contributed by atoms with Gasteiger partial charge in [0.25, 0.3) is 0 Å². The number of carbonyl (C=O) groups excluding carboxylic acids is 2. The fourth-order valence-electron chi connectivity index (χ4n) is 6.55. The molecule has 0 radical (unpaired) electrons. The van der Waals surface area contributed by atoms with Crippen LogP contribution in [0.3, 0.4) is 0 Å². The predicted molar refractivity (Wildman–Crippen MR) is 120 cm³/mol. The molecule has 1 aliphatic heterocycles. The summed E-state index contributed by atoms with van der Waals surface area (Å²) in [6, 6.07) is 3.54. The Bertz CT molecular complexity index is 846. The molecule has 5 heteroatoms. The number of ether oxygens (including phenoxy) is 3. The van der Waals surface area contributed by atoms with E-state index in [0.29, 0.717) is 5.92 Å². The number of benzene rings is 1. The molecule has 0 amide bonds. The minimum Gasteiger partial charge on any atom is -0.487 e. The van der Waals surface area contributed by atoms with Gasteiger partial charge in [0, 0.05) is 25.8 Å². The second kappa shape index (κ2) is 8.84. The largest absolute Gasteiger partial charge is 0.487 e. The van der Waals surface area contributed by atoms with Crippen molar-refractivity contribution < 1.29 is 23.8 Å². The Morgan fingerprint density at radius 3 is 2.23 bits per heavy atom. The molecule has 5 unspecified atom stereocenters. The third-order valence-corrected chi connectivity index (χ3v) is 7.80. The van der Waals surface area contributed by atoms with Crippen molar-refractivity contribution >= 4 is 11.9 Å². The maximum Gasteiger partial charge on any atom is 0.308 e. The van der Waals surface area contributed by atoms with Crippen LogP contribution in [0.2, 0.25) is 0 Å². The SMILES string of the molecule is CC.CC(=O)Oc1cc2c(cc1OC(C)=O)OC1(C)CCC3C(C)CCCC3(C)C1C2. The maximum atomic E-state index is 11.6. The van der Waals surface area contributed by atoms with Gasteiger partial charge in [-0.2, -0.15) is 0 Å². The Kier molecular flexibility index (Phi) is 6.73. The van der Waals surface area contributed by atoms with Crippen molar-refractivity contribution in [3.63, 3.8) is 0 Å². The second-order valence-corrected chi connectivity index (χ2v) is 9.79. The van der Waals surface area contributed by atoms with Crippen LogP contribution in [0.1, 0.15) is 86.1 Å². The standard InChI is InChI=1S/C24H32O5.C2H6/c1-14-7-6-9-23(4)18(14)8-10-24(5)22(23)12-17-11-20(27-15(2)25)21(28-16(3)26)13-19(17)29-24;1-2/h11,13-14,18,22H,6-10,12H2,1-5H3;1-2H3. The van der Waals surface area contributed by atoms with E-state index >= 15 is 0 Å². The first-order valence-electron chi connectivity index (χ1n) is 11.8. The zero-order chi connectivity index (χ0) is 23.0. The lowest BCUT2D eigenvalue weighted by Gasteiger charge is -2.60. The zero-order valence-corrected chi connectivity index (χ0v) is 20.2. The molecule has 1 heterocycles. The average molecular weight is 431 g/mol. The Hall–Kier alpha value is -2.04. The molecule has 1 aromatic carbocycles. The van der Waals surface area contributed by atoms with Crippen LogP contribution in [-0.4, -0.2) is 17.5 Å². The lowest BCUT2D eigenvalue weighted by molar-refractivity contribution is -0.144. The van der Waals surface area contributed by atoms with Crippen molar-refractivity contribution in [2.45, 2.75) is 92.6 Å². The van der Waals surface area contributed by atoms with Gasteiger partial charge in [-0.3, -0.25) is 9.59 Å². The Balaban J connectivity index is 0.00000132. The van der Waals surface area contributed by atoms with Crippen LogP contribution in [0.15, 0.2) is 12.1 Å². The monoisotopic (exact) mass is 430 g/mol. The van der Waals surface area contributed by atoms with E-state index in [1.165, 1.54) is 39.5 Å². The minimum absolute atomic E-state index is 0.230. The molecule has 0 bridgehead atoms. The Labute approximate surface area is 186 Å². The summed E-state index contributed by atoms with van der Waals surface area (Å²) in [6.07, 6.45) is 6.96. The van der Waals surface area contributed by atoms with E-state index < -0.39 is 11.9 Å². The first-order chi connectivity index (χ1) is 14.6. The van der Waals surface area contributed by atoms with E-state index in [-0.39, 0.29) is 22.5 Å². The Morgan fingerprint density at radius 2 is 1.61 bits per heavy atom. The maximum absolute atomic E-state index is 11.6. The fraction of sp³-hybridized carbons (Fsp3) is 0.692. The lowest BCUT2D eigenvalue weighted by atomic mass is 9.48. The molecule has 5 nitrogen and oxygen atoms in total. The quantitative estimate of drug-likeness (QED) is 0.418. The highest BCUT2D eigenvalue weighted by molar-refractivity contribution is 5.74. The lowest BCUT2D eigenvalue weighted by Crippen LogP contribution is -2.59. The van der Waals surface area contributed by atoms with Gasteiger partial charge in [0.2, 0.25) is 0 Å². The summed E-state index contributed by atoms with van der Waals surface area (Å²) in [4.78, 5) is 23.1. The molecular formula is C26H38O5. The molecule has 5 atom stereocenters. The predicted octanol–water partition coefficient (Wildman–Crippen LogP) is 6.11. The first-order valence-corrected chi connectivity index (χ1v) is 11.8. The van der Waals surface area contributed by atoms with Crippen molar-refractivity contribution in [3.05, 3.63) is 17.7 Å². The van der Waals surface area contributed by atoms with Gasteiger partial charge in [0.15, 0.2) is 11.5 Å². The minimum atomic E-state index is -0.456. The molecule has 0 saturated heterocycles. The van der Waals surface area contributed by atoms with Crippen molar-refractivity contribution in [1.29, 1.82) is 0 Å². The average Bonchev–Trinajstić information content (AvgIpc) is 2.68. The van der Waals surface area contributed by atoms with Gasteiger partial charge in [0.1, 0.15) is 11.4 Å². The highest BCUT2D eigenvalue weighted by Crippen LogP contribution is 2.62. The van der Waals surface area contributed by atoms with E-state index in [9.17, 15) is 9.59 Å². The number of fused-ring (bicyclic) bond motifs is 4. The normalized spacial score (nSPS) is 33.3. The van der Waals surface area contributed by atoms with E-state index in [1.807, 2.05) is 19.9 Å². The molecule has 1 aromatic rings. The summed E-state index contributed by atoms with van der Waals surface area (Å²) in [5.41, 5.74) is 1.05. The van der Waals surface area contributed by atoms with Crippen molar-refractivity contribution in [2.24, 2.45) is 23.2 Å². The summed E-state index contributed by atoms with van der Waals surface area (Å²) in [5, 5.41) is 0. The third-order valence-electron chi connectivity index (χ3n) is 7.80. The number of hydrogen-bond acceptors (Lipinski definition) is 5. The van der Waals surface area contributed by atoms with Crippen LogP contribution in [0, 0.1) is 23.2 Å². The van der Waals surface area contributed by atoms with E-state index in [0.717, 1.165) is 36.0 Å². The van der Waals surface area contributed by atoms with Crippen LogP contribution < -0.4 is 14.2 Å². The summed E-state index contributed by atoms with van der Waals surface area (Å²) >= 11 is 0. The van der Waals surface area contributed by atoms with E-state index in [1.54, 1.807) is 6.07 Å². The molecule has 2 saturated carbocycles. The van der Waals surface area contributed by atoms with Gasteiger partial charge in [-0.1, -0.05) is 40.5 Å². The van der Waals surface area contributed by atoms with E-state index in [4.69, 9.17) is 14.2 Å². The summed E-state index contributed by atoms with van der Waals surface area (Å²) < 4.78 is 17.3. The molecule has 31 heavy (non-hydrogen) atoms. The Morgan fingerprint density at radius 1 is 1.00 bits per heavy atom. The molecule has 2 fully saturated rings. The van der Waals surface area contributed by atoms with Crippen molar-refractivity contribution in [2.75, 3.05) is 0 Å². The van der Waals surface area contributed by atoms with Crippen LogP contribution in [-0.2, 0) is 16.0 Å². The molecule has 3 aliphatic rings. The van der Waals surface area contributed by atoms with Crippen LogP contribution in [0.5, 0.6) is 17.2 Å². The smallest absolute Gasteiger partial charge is 0.308 e. The molecule has 0 spiro atoms. The highest BCUT2D eigenvalue weighted by atomic mass is 16.6. The fourth-order valence-corrected chi connectivity index (χ4v) is 6.55. The van der Waals surface area contributed by atoms with Crippen LogP contribution in [0.25, 0.3) is 0 Å². The van der Waals surface area contributed by atoms with Gasteiger partial charge in [-0.25, -0.2) is 0 Å². The molecule has 0 N–H and O–H groups in total.